The van der Waals surface area contributed by atoms with Gasteiger partial charge in [-0.05, 0) is 44.5 Å². The summed E-state index contributed by atoms with van der Waals surface area (Å²) < 4.78 is 28.0. The molecule has 3 rings (SSSR count). The molecule has 38 heavy (non-hydrogen) atoms. The minimum Gasteiger partial charge on any atom is -0.465 e. The van der Waals surface area contributed by atoms with Crippen LogP contribution in [0.5, 0.6) is 0 Å². The molecule has 0 aliphatic carbocycles. The summed E-state index contributed by atoms with van der Waals surface area (Å²) in [6, 6.07) is 6.33. The van der Waals surface area contributed by atoms with E-state index in [4.69, 9.17) is 21.7 Å². The standard InChI is InChI=1S/C25H34ClN7O4S/c1-7-15(3)38(36,37)33-18-11-16(10-17(26)12-18)20-21(32-22(31-20)25(4,5)6)19-8-9-27-23(30-19)28-13-14(2)29-24(34)35/h8-12,14-15,29,33H,7,13H2,1-6H3,(H,31,32)(H,34,35)(H,27,28,30)/t14-,15?/m0/s1. The van der Waals surface area contributed by atoms with Gasteiger partial charge in [-0.25, -0.2) is 28.2 Å². The van der Waals surface area contributed by atoms with Gasteiger partial charge in [0.1, 0.15) is 5.82 Å². The van der Waals surface area contributed by atoms with Crippen molar-refractivity contribution in [3.63, 3.8) is 0 Å². The number of nitrogens with one attached hydrogen (secondary N) is 4. The van der Waals surface area contributed by atoms with Crippen LogP contribution >= 0.6 is 11.6 Å². The number of hydrogen-bond acceptors (Lipinski definition) is 7. The van der Waals surface area contributed by atoms with Gasteiger partial charge in [0.05, 0.1) is 28.0 Å². The summed E-state index contributed by atoms with van der Waals surface area (Å²) in [5, 5.41) is 14.1. The second-order valence-electron chi connectivity index (χ2n) is 10.2. The van der Waals surface area contributed by atoms with E-state index in [2.05, 4.69) is 30.3 Å². The van der Waals surface area contributed by atoms with E-state index in [9.17, 15) is 13.2 Å². The molecule has 0 spiro atoms. The molecule has 0 bridgehead atoms. The van der Waals surface area contributed by atoms with Crippen LogP contribution < -0.4 is 15.4 Å². The Hall–Kier alpha value is -3.38. The third-order valence-corrected chi connectivity index (χ3v) is 7.93. The Balaban J connectivity index is 2.04. The van der Waals surface area contributed by atoms with E-state index >= 15 is 0 Å². The molecular formula is C25H34ClN7O4S. The maximum atomic E-state index is 12.7. The lowest BCUT2D eigenvalue weighted by molar-refractivity contribution is 0.191. The molecule has 0 saturated carbocycles. The fraction of sp³-hybridized carbons (Fsp3) is 0.440. The van der Waals surface area contributed by atoms with Crippen LogP contribution in [0.1, 0.15) is 53.8 Å². The number of rotatable bonds is 10. The van der Waals surface area contributed by atoms with E-state index in [1.807, 2.05) is 27.7 Å². The van der Waals surface area contributed by atoms with Crippen LogP contribution in [0.25, 0.3) is 22.6 Å². The average molecular weight is 564 g/mol. The number of nitrogens with zero attached hydrogens (tertiary/aromatic N) is 3. The van der Waals surface area contributed by atoms with E-state index in [0.29, 0.717) is 51.5 Å². The van der Waals surface area contributed by atoms with E-state index in [1.165, 1.54) is 0 Å². The molecule has 2 aromatic heterocycles. The Kier molecular flexibility index (Phi) is 8.88. The van der Waals surface area contributed by atoms with Crippen molar-refractivity contribution in [3.05, 3.63) is 41.3 Å². The zero-order valence-electron chi connectivity index (χ0n) is 22.3. The highest BCUT2D eigenvalue weighted by Gasteiger charge is 2.25. The number of carbonyl (C=O) groups is 1. The Morgan fingerprint density at radius 3 is 2.53 bits per heavy atom. The molecule has 13 heteroatoms. The van der Waals surface area contributed by atoms with Crippen LogP contribution in [0.15, 0.2) is 30.5 Å². The minimum absolute atomic E-state index is 0.285. The largest absolute Gasteiger partial charge is 0.465 e. The number of imidazole rings is 1. The number of sulfonamides is 1. The van der Waals surface area contributed by atoms with Crippen molar-refractivity contribution < 1.29 is 18.3 Å². The summed E-state index contributed by atoms with van der Waals surface area (Å²) in [6.07, 6.45) is 0.944. The van der Waals surface area contributed by atoms with E-state index in [1.54, 1.807) is 44.3 Å². The molecule has 0 aliphatic heterocycles. The first-order valence-electron chi connectivity index (χ1n) is 12.2. The summed E-state index contributed by atoms with van der Waals surface area (Å²) in [5.41, 5.74) is 2.32. The van der Waals surface area contributed by atoms with Gasteiger partial charge in [0.15, 0.2) is 0 Å². The van der Waals surface area contributed by atoms with Crippen molar-refractivity contribution in [2.45, 2.75) is 64.7 Å². The number of aromatic nitrogens is 4. The molecule has 2 heterocycles. The number of H-pyrrole nitrogens is 1. The molecule has 11 nitrogen and oxygen atoms in total. The average Bonchev–Trinajstić information content (AvgIpc) is 3.28. The van der Waals surface area contributed by atoms with Crippen molar-refractivity contribution >= 4 is 39.4 Å². The van der Waals surface area contributed by atoms with E-state index < -0.39 is 21.4 Å². The Labute approximate surface area is 227 Å². The van der Waals surface area contributed by atoms with Crippen molar-refractivity contribution in [2.24, 2.45) is 0 Å². The van der Waals surface area contributed by atoms with Crippen LogP contribution in [-0.2, 0) is 15.4 Å². The molecule has 1 amide bonds. The van der Waals surface area contributed by atoms with Gasteiger partial charge in [0.25, 0.3) is 0 Å². The molecular weight excluding hydrogens is 530 g/mol. The first kappa shape index (κ1) is 29.2. The van der Waals surface area contributed by atoms with Gasteiger partial charge in [-0.2, -0.15) is 0 Å². The van der Waals surface area contributed by atoms with Crippen molar-refractivity contribution in [2.75, 3.05) is 16.6 Å². The topological polar surface area (TPSA) is 162 Å². The van der Waals surface area contributed by atoms with Gasteiger partial charge in [-0.3, -0.25) is 4.72 Å². The smallest absolute Gasteiger partial charge is 0.404 e. The third kappa shape index (κ3) is 7.35. The van der Waals surface area contributed by atoms with Gasteiger partial charge in [-0.15, -0.1) is 0 Å². The normalized spacial score (nSPS) is 13.6. The van der Waals surface area contributed by atoms with Crippen molar-refractivity contribution in [1.29, 1.82) is 0 Å². The summed E-state index contributed by atoms with van der Waals surface area (Å²) in [4.78, 5) is 27.9. The minimum atomic E-state index is -3.59. The highest BCUT2D eigenvalue weighted by atomic mass is 35.5. The molecule has 0 fully saturated rings. The quantitative estimate of drug-likeness (QED) is 0.228. The maximum absolute atomic E-state index is 12.7. The fourth-order valence-electron chi connectivity index (χ4n) is 3.48. The summed E-state index contributed by atoms with van der Waals surface area (Å²) >= 11 is 6.41. The molecule has 0 radical (unpaired) electrons. The second kappa shape index (κ2) is 11.6. The third-order valence-electron chi connectivity index (χ3n) is 5.80. The number of benzene rings is 1. The molecule has 3 aromatic rings. The van der Waals surface area contributed by atoms with Crippen LogP contribution in [0.3, 0.4) is 0 Å². The lowest BCUT2D eigenvalue weighted by Gasteiger charge is -2.14. The molecule has 2 atom stereocenters. The molecule has 0 aliphatic rings. The summed E-state index contributed by atoms with van der Waals surface area (Å²) in [6.45, 7) is 11.5. The summed E-state index contributed by atoms with van der Waals surface area (Å²) in [7, 11) is -3.59. The van der Waals surface area contributed by atoms with Crippen LogP contribution in [-0.4, -0.2) is 57.4 Å². The number of aromatic amines is 1. The SMILES string of the molecule is CCC(C)S(=O)(=O)Nc1cc(Cl)cc(-c2nc(C(C)(C)C)[nH]c2-c2ccnc(NC[C@H](C)NC(=O)O)n2)c1. The number of carboxylic acid groups (broad SMARTS) is 1. The highest BCUT2D eigenvalue weighted by Crippen LogP contribution is 2.35. The number of amides is 1. The van der Waals surface area contributed by atoms with Gasteiger partial charge in [-0.1, -0.05) is 39.3 Å². The summed E-state index contributed by atoms with van der Waals surface area (Å²) in [5.74, 6) is 1.02. The maximum Gasteiger partial charge on any atom is 0.404 e. The van der Waals surface area contributed by atoms with E-state index in [-0.39, 0.29) is 18.0 Å². The first-order chi connectivity index (χ1) is 17.7. The van der Waals surface area contributed by atoms with Gasteiger partial charge >= 0.3 is 6.09 Å². The van der Waals surface area contributed by atoms with Crippen LogP contribution in [0, 0.1) is 0 Å². The predicted molar refractivity (Wildman–Crippen MR) is 150 cm³/mol. The van der Waals surface area contributed by atoms with Crippen LogP contribution in [0.4, 0.5) is 16.4 Å². The Morgan fingerprint density at radius 1 is 1.18 bits per heavy atom. The molecule has 1 unspecified atom stereocenters. The predicted octanol–water partition coefficient (Wildman–Crippen LogP) is 5.09. The number of anilines is 2. The zero-order valence-corrected chi connectivity index (χ0v) is 23.8. The lowest BCUT2D eigenvalue weighted by atomic mass is 9.96. The number of halogens is 1. The molecule has 5 N–H and O–H groups in total. The molecule has 206 valence electrons. The highest BCUT2D eigenvalue weighted by molar-refractivity contribution is 7.93. The first-order valence-corrected chi connectivity index (χ1v) is 14.1. The zero-order chi connectivity index (χ0) is 28.3. The van der Waals surface area contributed by atoms with Gasteiger partial charge in [0.2, 0.25) is 16.0 Å². The van der Waals surface area contributed by atoms with Gasteiger partial charge < -0.3 is 20.7 Å². The fourth-order valence-corrected chi connectivity index (χ4v) is 4.80. The van der Waals surface area contributed by atoms with Crippen LogP contribution in [0.2, 0.25) is 5.02 Å². The van der Waals surface area contributed by atoms with Crippen molar-refractivity contribution in [3.8, 4) is 22.6 Å². The Bertz CT molecular complexity index is 1400. The molecule has 0 saturated heterocycles. The van der Waals surface area contributed by atoms with Gasteiger partial charge in [0, 0.05) is 34.8 Å². The number of hydrogen-bond donors (Lipinski definition) is 5. The molecule has 1 aromatic carbocycles. The van der Waals surface area contributed by atoms with Crippen molar-refractivity contribution in [1.82, 2.24) is 25.3 Å². The monoisotopic (exact) mass is 563 g/mol. The Morgan fingerprint density at radius 2 is 1.89 bits per heavy atom. The van der Waals surface area contributed by atoms with E-state index in [0.717, 1.165) is 0 Å². The second-order valence-corrected chi connectivity index (χ2v) is 12.7. The lowest BCUT2D eigenvalue weighted by Crippen LogP contribution is -2.36.